The predicted octanol–water partition coefficient (Wildman–Crippen LogP) is 2.73. The van der Waals surface area contributed by atoms with Crippen LogP contribution >= 0.6 is 0 Å². The van der Waals surface area contributed by atoms with E-state index in [-0.39, 0.29) is 17.9 Å². The van der Waals surface area contributed by atoms with Crippen LogP contribution in [0.4, 0.5) is 0 Å². The molecule has 21 heavy (non-hydrogen) atoms. The summed E-state index contributed by atoms with van der Waals surface area (Å²) in [7, 11) is 0. The Bertz CT molecular complexity index is 478. The van der Waals surface area contributed by atoms with Crippen LogP contribution in [-0.2, 0) is 11.2 Å². The van der Waals surface area contributed by atoms with Gasteiger partial charge in [0.2, 0.25) is 5.91 Å². The van der Waals surface area contributed by atoms with E-state index in [1.165, 1.54) is 16.7 Å². The number of nitrogens with two attached hydrogens (primary N) is 1. The molecule has 0 aliphatic heterocycles. The molecule has 1 fully saturated rings. The molecular weight excluding hydrogens is 260 g/mol. The van der Waals surface area contributed by atoms with Crippen LogP contribution in [0.25, 0.3) is 0 Å². The highest BCUT2D eigenvalue weighted by Crippen LogP contribution is 2.31. The molecule has 0 aromatic heterocycles. The first kappa shape index (κ1) is 16.0. The summed E-state index contributed by atoms with van der Waals surface area (Å²) in [5.74, 6) is 0.690. The van der Waals surface area contributed by atoms with Gasteiger partial charge in [-0.05, 0) is 58.1 Å². The molecule has 1 amide bonds. The Morgan fingerprint density at radius 2 is 1.95 bits per heavy atom. The summed E-state index contributed by atoms with van der Waals surface area (Å²) >= 11 is 0. The fourth-order valence-electron chi connectivity index (χ4n) is 3.61. The maximum atomic E-state index is 12.4. The van der Waals surface area contributed by atoms with Crippen LogP contribution in [0.5, 0.6) is 0 Å². The first-order valence-electron chi connectivity index (χ1n) is 8.07. The molecule has 1 aliphatic carbocycles. The number of hydrogen-bond acceptors (Lipinski definition) is 2. The molecule has 1 aliphatic rings. The van der Waals surface area contributed by atoms with Crippen molar-refractivity contribution >= 4 is 5.91 Å². The van der Waals surface area contributed by atoms with Gasteiger partial charge in [-0.15, -0.1) is 0 Å². The molecule has 3 nitrogen and oxygen atoms in total. The van der Waals surface area contributed by atoms with Gasteiger partial charge in [0, 0.05) is 12.0 Å². The lowest BCUT2D eigenvalue weighted by Crippen LogP contribution is -2.40. The second-order valence-electron chi connectivity index (χ2n) is 6.64. The maximum absolute atomic E-state index is 12.4. The van der Waals surface area contributed by atoms with E-state index in [4.69, 9.17) is 5.73 Å². The summed E-state index contributed by atoms with van der Waals surface area (Å²) in [5, 5.41) is 3.18. The second kappa shape index (κ2) is 7.08. The number of carbonyl (C=O) groups excluding carboxylic acids is 1. The first-order chi connectivity index (χ1) is 9.99. The summed E-state index contributed by atoms with van der Waals surface area (Å²) in [5.41, 5.74) is 9.62. The molecule has 0 radical (unpaired) electrons. The van der Waals surface area contributed by atoms with E-state index in [0.717, 1.165) is 25.7 Å². The summed E-state index contributed by atoms with van der Waals surface area (Å²) in [6, 6.07) is 6.75. The van der Waals surface area contributed by atoms with E-state index in [9.17, 15) is 4.79 Å². The molecule has 1 aromatic rings. The van der Waals surface area contributed by atoms with Gasteiger partial charge in [-0.2, -0.15) is 0 Å². The summed E-state index contributed by atoms with van der Waals surface area (Å²) in [6.07, 6.45) is 4.10. The molecule has 3 atom stereocenters. The number of carbonyl (C=O) groups is 1. The molecular formula is C18H28N2O. The summed E-state index contributed by atoms with van der Waals surface area (Å²) < 4.78 is 0. The Morgan fingerprint density at radius 1 is 1.29 bits per heavy atom. The zero-order chi connectivity index (χ0) is 15.4. The highest BCUT2D eigenvalue weighted by Gasteiger charge is 2.32. The number of nitrogens with one attached hydrogen (secondary N) is 1. The Morgan fingerprint density at radius 3 is 2.57 bits per heavy atom. The van der Waals surface area contributed by atoms with Crippen LogP contribution in [0.1, 0.15) is 42.9 Å². The van der Waals surface area contributed by atoms with Gasteiger partial charge in [-0.3, -0.25) is 4.79 Å². The van der Waals surface area contributed by atoms with Crippen molar-refractivity contribution in [1.82, 2.24) is 5.32 Å². The van der Waals surface area contributed by atoms with Crippen molar-refractivity contribution in [2.45, 2.75) is 52.5 Å². The fraction of sp³-hybridized carbons (Fsp3) is 0.611. The Labute approximate surface area is 128 Å². The molecule has 0 spiro atoms. The van der Waals surface area contributed by atoms with E-state index >= 15 is 0 Å². The minimum Gasteiger partial charge on any atom is -0.353 e. The Hall–Kier alpha value is -1.35. The lowest BCUT2D eigenvalue weighted by Gasteiger charge is -2.21. The van der Waals surface area contributed by atoms with Crippen LogP contribution in [0.3, 0.4) is 0 Å². The normalized spacial score (nSPS) is 23.0. The summed E-state index contributed by atoms with van der Waals surface area (Å²) in [6.45, 7) is 6.94. The highest BCUT2D eigenvalue weighted by atomic mass is 16.1. The van der Waals surface area contributed by atoms with Gasteiger partial charge in [0.05, 0.1) is 0 Å². The van der Waals surface area contributed by atoms with Gasteiger partial charge in [0.1, 0.15) is 0 Å². The zero-order valence-electron chi connectivity index (χ0n) is 13.5. The van der Waals surface area contributed by atoms with Crippen molar-refractivity contribution in [3.63, 3.8) is 0 Å². The van der Waals surface area contributed by atoms with Gasteiger partial charge < -0.3 is 11.1 Å². The van der Waals surface area contributed by atoms with Gasteiger partial charge in [0.25, 0.3) is 0 Å². The molecule has 0 bridgehead atoms. The summed E-state index contributed by atoms with van der Waals surface area (Å²) in [4.78, 5) is 12.4. The number of aryl methyl sites for hydroxylation is 2. The number of benzene rings is 1. The molecule has 116 valence electrons. The number of hydrogen-bond donors (Lipinski definition) is 2. The van der Waals surface area contributed by atoms with Crippen LogP contribution in [0.2, 0.25) is 0 Å². The van der Waals surface area contributed by atoms with Gasteiger partial charge in [0.15, 0.2) is 0 Å². The van der Waals surface area contributed by atoms with Crippen LogP contribution in [0, 0.1) is 25.7 Å². The van der Waals surface area contributed by atoms with Crippen molar-refractivity contribution in [3.05, 3.63) is 34.9 Å². The highest BCUT2D eigenvalue weighted by molar-refractivity contribution is 5.79. The lowest BCUT2D eigenvalue weighted by atomic mass is 9.94. The van der Waals surface area contributed by atoms with E-state index in [0.29, 0.717) is 12.5 Å². The lowest BCUT2D eigenvalue weighted by molar-refractivity contribution is -0.126. The van der Waals surface area contributed by atoms with Gasteiger partial charge >= 0.3 is 0 Å². The third-order valence-electron chi connectivity index (χ3n) is 4.51. The SMILES string of the molecule is Cc1cc(C)cc(CC(C)NC(=O)[C@@H]2CCC[C@@H]2CN)c1. The quantitative estimate of drug-likeness (QED) is 0.875. The van der Waals surface area contributed by atoms with Crippen LogP contribution in [0.15, 0.2) is 18.2 Å². The molecule has 3 N–H and O–H groups in total. The van der Waals surface area contributed by atoms with Crippen LogP contribution in [-0.4, -0.2) is 18.5 Å². The minimum absolute atomic E-state index is 0.122. The Kier molecular flexibility index (Phi) is 5.40. The van der Waals surface area contributed by atoms with E-state index in [1.54, 1.807) is 0 Å². The monoisotopic (exact) mass is 288 g/mol. The van der Waals surface area contributed by atoms with E-state index in [1.807, 2.05) is 0 Å². The molecule has 1 aromatic carbocycles. The van der Waals surface area contributed by atoms with Crippen molar-refractivity contribution in [1.29, 1.82) is 0 Å². The van der Waals surface area contributed by atoms with E-state index < -0.39 is 0 Å². The fourth-order valence-corrected chi connectivity index (χ4v) is 3.61. The van der Waals surface area contributed by atoms with Crippen molar-refractivity contribution in [2.24, 2.45) is 17.6 Å². The van der Waals surface area contributed by atoms with E-state index in [2.05, 4.69) is 44.3 Å². The zero-order valence-corrected chi connectivity index (χ0v) is 13.5. The third-order valence-corrected chi connectivity index (χ3v) is 4.51. The molecule has 1 unspecified atom stereocenters. The first-order valence-corrected chi connectivity index (χ1v) is 8.07. The Balaban J connectivity index is 1.92. The molecule has 0 heterocycles. The van der Waals surface area contributed by atoms with Gasteiger partial charge in [-0.25, -0.2) is 0 Å². The number of amides is 1. The molecule has 1 saturated carbocycles. The topological polar surface area (TPSA) is 55.1 Å². The molecule has 3 heteroatoms. The predicted molar refractivity (Wildman–Crippen MR) is 87.1 cm³/mol. The minimum atomic E-state index is 0.122. The van der Waals surface area contributed by atoms with Crippen molar-refractivity contribution in [3.8, 4) is 0 Å². The standard InChI is InChI=1S/C18H28N2O/c1-12-7-13(2)9-15(8-12)10-14(3)20-18(21)17-6-4-5-16(17)11-19/h7-9,14,16-17H,4-6,10-11,19H2,1-3H3,(H,20,21)/t14?,16-,17-/m1/s1. The third kappa shape index (κ3) is 4.31. The van der Waals surface area contributed by atoms with Crippen molar-refractivity contribution < 1.29 is 4.79 Å². The van der Waals surface area contributed by atoms with Crippen LogP contribution < -0.4 is 11.1 Å². The molecule has 0 saturated heterocycles. The second-order valence-corrected chi connectivity index (χ2v) is 6.64. The molecule has 2 rings (SSSR count). The maximum Gasteiger partial charge on any atom is 0.223 e. The largest absolute Gasteiger partial charge is 0.353 e. The number of rotatable bonds is 5. The average molecular weight is 288 g/mol. The smallest absolute Gasteiger partial charge is 0.223 e. The average Bonchev–Trinajstić information content (AvgIpc) is 2.85. The van der Waals surface area contributed by atoms with Gasteiger partial charge in [-0.1, -0.05) is 35.7 Å². The van der Waals surface area contributed by atoms with Crippen molar-refractivity contribution in [2.75, 3.05) is 6.54 Å².